The fraction of sp³-hybridized carbons (Fsp3) is 0.800. The van der Waals surface area contributed by atoms with Crippen molar-refractivity contribution in [2.24, 2.45) is 5.41 Å². The molecule has 0 saturated carbocycles. The monoisotopic (exact) mass is 202 g/mol. The van der Waals surface area contributed by atoms with E-state index in [2.05, 4.69) is 4.74 Å². The quantitative estimate of drug-likeness (QED) is 0.634. The Morgan fingerprint density at radius 2 is 1.71 bits per heavy atom. The largest absolute Gasteiger partial charge is 0.466 e. The maximum Gasteiger partial charge on any atom is 0.344 e. The van der Waals surface area contributed by atoms with E-state index in [4.69, 9.17) is 4.74 Å². The molecule has 0 unspecified atom stereocenters. The van der Waals surface area contributed by atoms with Crippen LogP contribution in [0.25, 0.3) is 0 Å². The summed E-state index contributed by atoms with van der Waals surface area (Å²) in [5.41, 5.74) is -0.492. The van der Waals surface area contributed by atoms with Gasteiger partial charge in [0.25, 0.3) is 0 Å². The van der Waals surface area contributed by atoms with Gasteiger partial charge >= 0.3 is 11.9 Å². The van der Waals surface area contributed by atoms with Crippen LogP contribution in [-0.2, 0) is 19.1 Å². The lowest BCUT2D eigenvalue weighted by Crippen LogP contribution is -2.30. The van der Waals surface area contributed by atoms with Crippen molar-refractivity contribution in [3.8, 4) is 0 Å². The van der Waals surface area contributed by atoms with Crippen molar-refractivity contribution in [2.45, 2.75) is 33.6 Å². The van der Waals surface area contributed by atoms with Gasteiger partial charge in [-0.2, -0.15) is 0 Å². The van der Waals surface area contributed by atoms with Gasteiger partial charge in [-0.25, -0.2) is 4.79 Å². The third-order valence-corrected chi connectivity index (χ3v) is 2.60. The van der Waals surface area contributed by atoms with Crippen molar-refractivity contribution in [3.05, 3.63) is 0 Å². The van der Waals surface area contributed by atoms with Crippen molar-refractivity contribution in [2.75, 3.05) is 13.7 Å². The molecule has 0 spiro atoms. The molecular weight excluding hydrogens is 184 g/mol. The zero-order chi connectivity index (χ0) is 11.2. The molecule has 0 aliphatic heterocycles. The van der Waals surface area contributed by atoms with Crippen LogP contribution in [0.15, 0.2) is 0 Å². The normalized spacial score (nSPS) is 10.9. The Bertz CT molecular complexity index is 206. The highest BCUT2D eigenvalue weighted by molar-refractivity contribution is 5.79. The van der Waals surface area contributed by atoms with Crippen molar-refractivity contribution in [1.29, 1.82) is 0 Å². The molecule has 0 rings (SSSR count). The summed E-state index contributed by atoms with van der Waals surface area (Å²) in [6, 6.07) is 0. The predicted molar refractivity (Wildman–Crippen MR) is 51.7 cm³/mol. The van der Waals surface area contributed by atoms with E-state index in [-0.39, 0.29) is 12.6 Å². The number of carbonyl (C=O) groups is 2. The van der Waals surface area contributed by atoms with Gasteiger partial charge in [-0.15, -0.1) is 0 Å². The van der Waals surface area contributed by atoms with Crippen molar-refractivity contribution < 1.29 is 19.1 Å². The van der Waals surface area contributed by atoms with Gasteiger partial charge in [-0.3, -0.25) is 4.79 Å². The summed E-state index contributed by atoms with van der Waals surface area (Å²) >= 11 is 0. The second kappa shape index (κ2) is 5.62. The summed E-state index contributed by atoms with van der Waals surface area (Å²) in [5.74, 6) is -0.874. The van der Waals surface area contributed by atoms with Crippen LogP contribution in [0.5, 0.6) is 0 Å². The lowest BCUT2D eigenvalue weighted by molar-refractivity contribution is -0.164. The molecule has 0 fully saturated rings. The van der Waals surface area contributed by atoms with Crippen molar-refractivity contribution in [3.63, 3.8) is 0 Å². The molecule has 0 amide bonds. The third kappa shape index (κ3) is 3.36. The van der Waals surface area contributed by atoms with Crippen LogP contribution >= 0.6 is 0 Å². The molecule has 0 aromatic carbocycles. The van der Waals surface area contributed by atoms with Gasteiger partial charge in [0.05, 0.1) is 12.5 Å². The van der Waals surface area contributed by atoms with E-state index in [0.29, 0.717) is 12.8 Å². The van der Waals surface area contributed by atoms with E-state index in [0.717, 1.165) is 0 Å². The maximum absolute atomic E-state index is 11.5. The van der Waals surface area contributed by atoms with Gasteiger partial charge in [-0.1, -0.05) is 13.8 Å². The molecule has 4 nitrogen and oxygen atoms in total. The average Bonchev–Trinajstić information content (AvgIpc) is 2.23. The molecule has 0 saturated heterocycles. The second-order valence-electron chi connectivity index (χ2n) is 3.42. The van der Waals surface area contributed by atoms with Crippen LogP contribution in [0.2, 0.25) is 0 Å². The standard InChI is InChI=1S/C10H18O4/c1-5-10(3,6-2)9(12)14-7-8(11)13-4/h5-7H2,1-4H3. The third-order valence-electron chi connectivity index (χ3n) is 2.60. The summed E-state index contributed by atoms with van der Waals surface area (Å²) in [4.78, 5) is 22.2. The Morgan fingerprint density at radius 3 is 2.07 bits per heavy atom. The molecule has 82 valence electrons. The average molecular weight is 202 g/mol. The molecule has 0 heterocycles. The highest BCUT2D eigenvalue weighted by Crippen LogP contribution is 2.26. The van der Waals surface area contributed by atoms with Gasteiger partial charge in [0, 0.05) is 0 Å². The minimum atomic E-state index is -0.534. The molecule has 0 aliphatic carbocycles. The van der Waals surface area contributed by atoms with Gasteiger partial charge in [0.1, 0.15) is 0 Å². The summed E-state index contributed by atoms with van der Waals surface area (Å²) < 4.78 is 9.19. The smallest absolute Gasteiger partial charge is 0.344 e. The first-order chi connectivity index (χ1) is 6.50. The molecule has 0 N–H and O–H groups in total. The highest BCUT2D eigenvalue weighted by atomic mass is 16.6. The summed E-state index contributed by atoms with van der Waals surface area (Å²) in [6.45, 7) is 5.36. The zero-order valence-corrected chi connectivity index (χ0v) is 9.25. The molecule has 4 heteroatoms. The molecule has 0 aliphatic rings. The fourth-order valence-corrected chi connectivity index (χ4v) is 0.896. The SMILES string of the molecule is CCC(C)(CC)C(=O)OCC(=O)OC. The van der Waals surface area contributed by atoms with Crippen LogP contribution in [-0.4, -0.2) is 25.7 Å². The molecule has 0 aromatic heterocycles. The molecular formula is C10H18O4. The van der Waals surface area contributed by atoms with Crippen LogP contribution in [0.3, 0.4) is 0 Å². The Kier molecular flexibility index (Phi) is 5.20. The van der Waals surface area contributed by atoms with E-state index in [9.17, 15) is 9.59 Å². The Labute approximate surface area is 84.6 Å². The summed E-state index contributed by atoms with van der Waals surface area (Å²) in [6.07, 6.45) is 1.40. The molecule has 0 bridgehead atoms. The minimum absolute atomic E-state index is 0.301. The van der Waals surface area contributed by atoms with Gasteiger partial charge in [-0.05, 0) is 19.8 Å². The molecule has 0 aromatic rings. The number of hydrogen-bond donors (Lipinski definition) is 0. The van der Waals surface area contributed by atoms with Crippen molar-refractivity contribution >= 4 is 11.9 Å². The predicted octanol–water partition coefficient (Wildman–Crippen LogP) is 1.53. The minimum Gasteiger partial charge on any atom is -0.466 e. The van der Waals surface area contributed by atoms with Crippen LogP contribution in [0.4, 0.5) is 0 Å². The van der Waals surface area contributed by atoms with Crippen molar-refractivity contribution in [1.82, 2.24) is 0 Å². The van der Waals surface area contributed by atoms with E-state index < -0.39 is 11.4 Å². The van der Waals surface area contributed by atoms with E-state index in [1.807, 2.05) is 20.8 Å². The first-order valence-corrected chi connectivity index (χ1v) is 4.74. The molecule has 0 atom stereocenters. The zero-order valence-electron chi connectivity index (χ0n) is 9.25. The molecule has 0 radical (unpaired) electrons. The lowest BCUT2D eigenvalue weighted by Gasteiger charge is -2.23. The molecule has 14 heavy (non-hydrogen) atoms. The van der Waals surface area contributed by atoms with Gasteiger partial charge in [0.15, 0.2) is 6.61 Å². The number of esters is 2. The van der Waals surface area contributed by atoms with Crippen LogP contribution < -0.4 is 0 Å². The lowest BCUT2D eigenvalue weighted by atomic mass is 9.85. The Morgan fingerprint density at radius 1 is 1.21 bits per heavy atom. The number of methoxy groups -OCH3 is 1. The topological polar surface area (TPSA) is 52.6 Å². The maximum atomic E-state index is 11.5. The summed E-state index contributed by atoms with van der Waals surface area (Å²) in [5, 5.41) is 0. The van der Waals surface area contributed by atoms with E-state index in [1.165, 1.54) is 7.11 Å². The highest BCUT2D eigenvalue weighted by Gasteiger charge is 2.31. The first-order valence-electron chi connectivity index (χ1n) is 4.74. The summed E-state index contributed by atoms with van der Waals surface area (Å²) in [7, 11) is 1.26. The van der Waals surface area contributed by atoms with E-state index >= 15 is 0 Å². The number of carbonyl (C=O) groups excluding carboxylic acids is 2. The number of ether oxygens (including phenoxy) is 2. The van der Waals surface area contributed by atoms with E-state index in [1.54, 1.807) is 0 Å². The Hall–Kier alpha value is -1.06. The first kappa shape index (κ1) is 12.9. The second-order valence-corrected chi connectivity index (χ2v) is 3.42. The number of hydrogen-bond acceptors (Lipinski definition) is 4. The van der Waals surface area contributed by atoms with Gasteiger partial charge in [0.2, 0.25) is 0 Å². The van der Waals surface area contributed by atoms with Gasteiger partial charge < -0.3 is 9.47 Å². The fourth-order valence-electron chi connectivity index (χ4n) is 0.896. The number of rotatable bonds is 5. The Balaban J connectivity index is 4.13. The van der Waals surface area contributed by atoms with Crippen LogP contribution in [0, 0.1) is 5.41 Å². The van der Waals surface area contributed by atoms with Crippen LogP contribution in [0.1, 0.15) is 33.6 Å².